The zero-order chi connectivity index (χ0) is 15.4. The molecule has 0 bridgehead atoms. The molecule has 0 aliphatic carbocycles. The molecule has 1 fully saturated rings. The highest BCUT2D eigenvalue weighted by Gasteiger charge is 2.20. The maximum atomic E-state index is 6.02. The molecule has 118 valence electrons. The van der Waals surface area contributed by atoms with Crippen LogP contribution in [0.4, 0.5) is 0 Å². The summed E-state index contributed by atoms with van der Waals surface area (Å²) in [6.07, 6.45) is 4.26. The van der Waals surface area contributed by atoms with Gasteiger partial charge >= 0.3 is 0 Å². The van der Waals surface area contributed by atoms with Crippen molar-refractivity contribution in [3.8, 4) is 11.3 Å². The summed E-state index contributed by atoms with van der Waals surface area (Å²) in [5.41, 5.74) is 0.971. The van der Waals surface area contributed by atoms with Crippen LogP contribution in [0.2, 0.25) is 5.02 Å². The van der Waals surface area contributed by atoms with E-state index >= 15 is 0 Å². The Balaban J connectivity index is 1.58. The van der Waals surface area contributed by atoms with Crippen LogP contribution in [0.1, 0.15) is 18.7 Å². The van der Waals surface area contributed by atoms with Gasteiger partial charge in [0.1, 0.15) is 0 Å². The molecule has 2 heterocycles. The Hall–Kier alpha value is -1.36. The molecule has 4 nitrogen and oxygen atoms in total. The Morgan fingerprint density at radius 2 is 2.18 bits per heavy atom. The maximum absolute atomic E-state index is 6.02. The van der Waals surface area contributed by atoms with Crippen LogP contribution in [0.3, 0.4) is 0 Å². The van der Waals surface area contributed by atoms with Crippen LogP contribution in [-0.4, -0.2) is 36.6 Å². The first-order valence-electron chi connectivity index (χ1n) is 7.82. The van der Waals surface area contributed by atoms with Crippen LogP contribution in [0.5, 0.6) is 0 Å². The third-order valence-corrected chi connectivity index (χ3v) is 4.46. The summed E-state index contributed by atoms with van der Waals surface area (Å²) in [4.78, 5) is 6.82. The minimum Gasteiger partial charge on any atom is -0.439 e. The molecule has 1 aromatic carbocycles. The van der Waals surface area contributed by atoms with Gasteiger partial charge in [-0.2, -0.15) is 0 Å². The van der Waals surface area contributed by atoms with Gasteiger partial charge in [0.05, 0.1) is 12.7 Å². The summed E-state index contributed by atoms with van der Waals surface area (Å²) in [6.45, 7) is 4.13. The number of halogens is 1. The molecule has 0 unspecified atom stereocenters. The molecule has 0 amide bonds. The highest BCUT2D eigenvalue weighted by Crippen LogP contribution is 2.24. The van der Waals surface area contributed by atoms with E-state index in [0.717, 1.165) is 49.3 Å². The summed E-state index contributed by atoms with van der Waals surface area (Å²) < 4.78 is 5.88. The molecule has 1 saturated heterocycles. The third kappa shape index (κ3) is 3.88. The van der Waals surface area contributed by atoms with Crippen LogP contribution >= 0.6 is 11.6 Å². The van der Waals surface area contributed by atoms with Crippen molar-refractivity contribution in [2.24, 2.45) is 5.92 Å². The monoisotopic (exact) mass is 319 g/mol. The summed E-state index contributed by atoms with van der Waals surface area (Å²) in [5, 5.41) is 3.98. The average molecular weight is 320 g/mol. The van der Waals surface area contributed by atoms with Crippen molar-refractivity contribution in [3.05, 3.63) is 41.4 Å². The van der Waals surface area contributed by atoms with Gasteiger partial charge < -0.3 is 9.73 Å². The van der Waals surface area contributed by atoms with E-state index in [-0.39, 0.29) is 0 Å². The van der Waals surface area contributed by atoms with Crippen LogP contribution < -0.4 is 5.32 Å². The van der Waals surface area contributed by atoms with Gasteiger partial charge in [0.2, 0.25) is 5.89 Å². The second-order valence-electron chi connectivity index (χ2n) is 5.91. The molecular formula is C17H22ClN3O. The van der Waals surface area contributed by atoms with Crippen LogP contribution in [0, 0.1) is 5.92 Å². The fourth-order valence-electron chi connectivity index (χ4n) is 2.99. The lowest BCUT2D eigenvalue weighted by atomic mass is 9.97. The molecule has 3 rings (SSSR count). The molecule has 1 aromatic heterocycles. The van der Waals surface area contributed by atoms with Gasteiger partial charge in [-0.05, 0) is 57.6 Å². The predicted octanol–water partition coefficient (Wildman–Crippen LogP) is 3.43. The molecule has 0 radical (unpaired) electrons. The van der Waals surface area contributed by atoms with Crippen molar-refractivity contribution >= 4 is 11.6 Å². The van der Waals surface area contributed by atoms with Gasteiger partial charge in [0.25, 0.3) is 0 Å². The van der Waals surface area contributed by atoms with E-state index in [4.69, 9.17) is 16.0 Å². The molecule has 0 saturated carbocycles. The second-order valence-corrected chi connectivity index (χ2v) is 6.34. The zero-order valence-electron chi connectivity index (χ0n) is 12.9. The van der Waals surface area contributed by atoms with E-state index < -0.39 is 0 Å². The Bertz CT molecular complexity index is 605. The number of likely N-dealkylation sites (tertiary alicyclic amines) is 1. The SMILES string of the molecule is CNCC1CCN(Cc2ncc(-c3cccc(Cl)c3)o2)CC1. The smallest absolute Gasteiger partial charge is 0.209 e. The van der Waals surface area contributed by atoms with Gasteiger partial charge in [0.15, 0.2) is 5.76 Å². The first-order valence-corrected chi connectivity index (χ1v) is 8.20. The number of hydrogen-bond acceptors (Lipinski definition) is 4. The zero-order valence-corrected chi connectivity index (χ0v) is 13.6. The highest BCUT2D eigenvalue weighted by molar-refractivity contribution is 6.30. The third-order valence-electron chi connectivity index (χ3n) is 4.22. The Morgan fingerprint density at radius 1 is 1.36 bits per heavy atom. The lowest BCUT2D eigenvalue weighted by Crippen LogP contribution is -2.36. The van der Waals surface area contributed by atoms with Crippen molar-refractivity contribution in [2.45, 2.75) is 19.4 Å². The largest absolute Gasteiger partial charge is 0.439 e. The quantitative estimate of drug-likeness (QED) is 0.916. The number of piperidine rings is 1. The van der Waals surface area contributed by atoms with Gasteiger partial charge in [-0.3, -0.25) is 4.90 Å². The van der Waals surface area contributed by atoms with E-state index in [0.29, 0.717) is 5.02 Å². The fourth-order valence-corrected chi connectivity index (χ4v) is 3.18. The Morgan fingerprint density at radius 3 is 2.91 bits per heavy atom. The number of aromatic nitrogens is 1. The van der Waals surface area contributed by atoms with Crippen molar-refractivity contribution in [1.29, 1.82) is 0 Å². The van der Waals surface area contributed by atoms with Gasteiger partial charge in [-0.15, -0.1) is 0 Å². The molecule has 2 aromatic rings. The van der Waals surface area contributed by atoms with E-state index in [2.05, 4.69) is 15.2 Å². The van der Waals surface area contributed by atoms with E-state index in [9.17, 15) is 0 Å². The van der Waals surface area contributed by atoms with Gasteiger partial charge in [0, 0.05) is 10.6 Å². The van der Waals surface area contributed by atoms with E-state index in [1.807, 2.05) is 31.3 Å². The minimum absolute atomic E-state index is 0.710. The van der Waals surface area contributed by atoms with Crippen LogP contribution in [0.15, 0.2) is 34.9 Å². The molecular weight excluding hydrogens is 298 g/mol. The normalized spacial score (nSPS) is 17.0. The second kappa shape index (κ2) is 7.27. The number of benzene rings is 1. The summed E-state index contributed by atoms with van der Waals surface area (Å²) in [7, 11) is 2.02. The van der Waals surface area contributed by atoms with Crippen molar-refractivity contribution < 1.29 is 4.42 Å². The number of nitrogens with one attached hydrogen (secondary N) is 1. The first kappa shape index (κ1) is 15.5. The maximum Gasteiger partial charge on any atom is 0.209 e. The predicted molar refractivity (Wildman–Crippen MR) is 88.9 cm³/mol. The average Bonchev–Trinajstić information content (AvgIpc) is 2.98. The molecule has 1 N–H and O–H groups in total. The first-order chi connectivity index (χ1) is 10.7. The van der Waals surface area contributed by atoms with Crippen molar-refractivity contribution in [1.82, 2.24) is 15.2 Å². The molecule has 1 aliphatic heterocycles. The van der Waals surface area contributed by atoms with Gasteiger partial charge in [-0.25, -0.2) is 4.98 Å². The fraction of sp³-hybridized carbons (Fsp3) is 0.471. The van der Waals surface area contributed by atoms with Crippen LogP contribution in [-0.2, 0) is 6.54 Å². The van der Waals surface area contributed by atoms with Gasteiger partial charge in [-0.1, -0.05) is 23.7 Å². The Labute approximate surface area is 136 Å². The molecule has 5 heteroatoms. The van der Waals surface area contributed by atoms with Crippen molar-refractivity contribution in [3.63, 3.8) is 0 Å². The minimum atomic E-state index is 0.710. The van der Waals surface area contributed by atoms with E-state index in [1.54, 1.807) is 6.20 Å². The number of rotatable bonds is 5. The highest BCUT2D eigenvalue weighted by atomic mass is 35.5. The lowest BCUT2D eigenvalue weighted by Gasteiger charge is -2.30. The topological polar surface area (TPSA) is 41.3 Å². The standard InChI is InChI=1S/C17H22ClN3O/c1-19-10-13-5-7-21(8-6-13)12-17-20-11-16(22-17)14-3-2-4-15(18)9-14/h2-4,9,11,13,19H,5-8,10,12H2,1H3. The van der Waals surface area contributed by atoms with Crippen LogP contribution in [0.25, 0.3) is 11.3 Å². The molecule has 0 spiro atoms. The van der Waals surface area contributed by atoms with E-state index in [1.165, 1.54) is 12.8 Å². The summed E-state index contributed by atoms with van der Waals surface area (Å²) in [6, 6.07) is 7.67. The molecule has 0 atom stereocenters. The summed E-state index contributed by atoms with van der Waals surface area (Å²) in [5.74, 6) is 2.36. The number of hydrogen-bond donors (Lipinski definition) is 1. The molecule has 1 aliphatic rings. The summed E-state index contributed by atoms with van der Waals surface area (Å²) >= 11 is 6.02. The lowest BCUT2D eigenvalue weighted by molar-refractivity contribution is 0.164. The number of nitrogens with zero attached hydrogens (tertiary/aromatic N) is 2. The molecule has 22 heavy (non-hydrogen) atoms. The van der Waals surface area contributed by atoms with Crippen molar-refractivity contribution in [2.75, 3.05) is 26.7 Å². The Kier molecular flexibility index (Phi) is 5.13. The number of oxazole rings is 1.